The Hall–Kier alpha value is -3.52. The quantitative estimate of drug-likeness (QED) is 0.539. The molecule has 1 amide bonds. The molecule has 0 radical (unpaired) electrons. The van der Waals surface area contributed by atoms with Crippen LogP contribution in [-0.4, -0.2) is 34.1 Å². The first-order chi connectivity index (χ1) is 16.3. The molecule has 4 rings (SSSR count). The first-order valence-corrected chi connectivity index (χ1v) is 12.6. The monoisotopic (exact) mass is 480 g/mol. The van der Waals surface area contributed by atoms with Gasteiger partial charge in [-0.2, -0.15) is 0 Å². The number of nitrogens with one attached hydrogen (secondary N) is 1. The van der Waals surface area contributed by atoms with Gasteiger partial charge in [-0.1, -0.05) is 42.8 Å². The normalized spacial score (nSPS) is 12.8. The highest BCUT2D eigenvalue weighted by atomic mass is 32.2. The zero-order chi connectivity index (χ0) is 24.3. The second-order valence-corrected chi connectivity index (χ2v) is 10.0. The molecule has 0 fully saturated rings. The van der Waals surface area contributed by atoms with Crippen molar-refractivity contribution >= 4 is 27.3 Å². The number of carbonyl (C=O) groups excluding carboxylic acids is 1. The van der Waals surface area contributed by atoms with Gasteiger partial charge in [-0.25, -0.2) is 8.42 Å². The summed E-state index contributed by atoms with van der Waals surface area (Å²) in [5, 5.41) is 2.93. The Balaban J connectivity index is 1.69. The van der Waals surface area contributed by atoms with Crippen LogP contribution < -0.4 is 19.1 Å². The largest absolute Gasteiger partial charge is 0.486 e. The molecule has 1 N–H and O–H groups in total. The molecule has 1 heterocycles. The van der Waals surface area contributed by atoms with Crippen molar-refractivity contribution in [1.29, 1.82) is 0 Å². The second kappa shape index (κ2) is 9.77. The number of carbonyl (C=O) groups is 1. The van der Waals surface area contributed by atoms with Crippen LogP contribution in [0.2, 0.25) is 0 Å². The lowest BCUT2D eigenvalue weighted by atomic mass is 10.1. The third kappa shape index (κ3) is 4.87. The first kappa shape index (κ1) is 23.6. The number of nitrogens with zero attached hydrogens (tertiary/aromatic N) is 1. The van der Waals surface area contributed by atoms with Crippen molar-refractivity contribution in [2.45, 2.75) is 32.1 Å². The van der Waals surface area contributed by atoms with Gasteiger partial charge in [-0.3, -0.25) is 9.10 Å². The van der Waals surface area contributed by atoms with Crippen LogP contribution in [0.3, 0.4) is 0 Å². The molecular formula is C26H28N2O5S. The molecule has 0 spiro atoms. The summed E-state index contributed by atoms with van der Waals surface area (Å²) in [4.78, 5) is 13.2. The molecule has 8 heteroatoms. The van der Waals surface area contributed by atoms with Crippen LogP contribution in [0.15, 0.2) is 65.6 Å². The number of benzene rings is 3. The predicted octanol–water partition coefficient (Wildman–Crippen LogP) is 4.47. The molecule has 3 aromatic rings. The van der Waals surface area contributed by atoms with Gasteiger partial charge in [0.1, 0.15) is 19.8 Å². The predicted molar refractivity (Wildman–Crippen MR) is 132 cm³/mol. The van der Waals surface area contributed by atoms with E-state index < -0.39 is 15.9 Å². The van der Waals surface area contributed by atoms with Crippen LogP contribution in [0, 0.1) is 13.8 Å². The summed E-state index contributed by atoms with van der Waals surface area (Å²) in [5.41, 5.74) is 4.01. The van der Waals surface area contributed by atoms with Crippen LogP contribution >= 0.6 is 0 Å². The van der Waals surface area contributed by atoms with E-state index in [-0.39, 0.29) is 11.4 Å². The summed E-state index contributed by atoms with van der Waals surface area (Å²) in [6.45, 7) is 6.22. The summed E-state index contributed by atoms with van der Waals surface area (Å²) in [5.74, 6) is 0.440. The van der Waals surface area contributed by atoms with Crippen molar-refractivity contribution in [3.8, 4) is 11.5 Å². The Bertz CT molecular complexity index is 1300. The van der Waals surface area contributed by atoms with E-state index >= 15 is 0 Å². The maximum absolute atomic E-state index is 13.7. The van der Waals surface area contributed by atoms with E-state index in [4.69, 9.17) is 9.47 Å². The highest BCUT2D eigenvalue weighted by Gasteiger charge is 2.29. The number of amides is 1. The van der Waals surface area contributed by atoms with Crippen LogP contribution in [-0.2, 0) is 21.2 Å². The van der Waals surface area contributed by atoms with E-state index in [1.807, 2.05) is 51.1 Å². The molecule has 0 atom stereocenters. The molecule has 7 nitrogen and oxygen atoms in total. The summed E-state index contributed by atoms with van der Waals surface area (Å²) >= 11 is 0. The average Bonchev–Trinajstić information content (AvgIpc) is 2.84. The first-order valence-electron chi connectivity index (χ1n) is 11.2. The van der Waals surface area contributed by atoms with Crippen molar-refractivity contribution in [1.82, 2.24) is 0 Å². The molecular weight excluding hydrogens is 452 g/mol. The van der Waals surface area contributed by atoms with Crippen molar-refractivity contribution in [3.05, 3.63) is 77.4 Å². The van der Waals surface area contributed by atoms with E-state index in [1.54, 1.807) is 18.2 Å². The maximum atomic E-state index is 13.7. The number of para-hydroxylation sites is 1. The number of anilines is 2. The summed E-state index contributed by atoms with van der Waals surface area (Å²) in [6, 6.07) is 17.3. The summed E-state index contributed by atoms with van der Waals surface area (Å²) < 4.78 is 39.7. The fourth-order valence-electron chi connectivity index (χ4n) is 3.85. The fraction of sp³-hybridized carbons (Fsp3) is 0.269. The van der Waals surface area contributed by atoms with Gasteiger partial charge in [0.05, 0.1) is 10.6 Å². The molecule has 0 saturated heterocycles. The van der Waals surface area contributed by atoms with Crippen molar-refractivity contribution in [2.24, 2.45) is 0 Å². The number of ether oxygens (including phenoxy) is 2. The minimum Gasteiger partial charge on any atom is -0.486 e. The average molecular weight is 481 g/mol. The van der Waals surface area contributed by atoms with Gasteiger partial charge >= 0.3 is 0 Å². The molecule has 0 aromatic heterocycles. The maximum Gasteiger partial charge on any atom is 0.264 e. The highest BCUT2D eigenvalue weighted by Crippen LogP contribution is 2.34. The van der Waals surface area contributed by atoms with Crippen LogP contribution in [0.4, 0.5) is 11.4 Å². The van der Waals surface area contributed by atoms with E-state index in [9.17, 15) is 13.2 Å². The number of aryl methyl sites for hydroxylation is 3. The van der Waals surface area contributed by atoms with Crippen LogP contribution in [0.1, 0.15) is 23.6 Å². The minimum absolute atomic E-state index is 0.0234. The highest BCUT2D eigenvalue weighted by molar-refractivity contribution is 7.92. The summed E-state index contributed by atoms with van der Waals surface area (Å²) in [6.07, 6.45) is 0.745. The van der Waals surface area contributed by atoms with Crippen LogP contribution in [0.5, 0.6) is 11.5 Å². The van der Waals surface area contributed by atoms with Crippen molar-refractivity contribution < 1.29 is 22.7 Å². The lowest BCUT2D eigenvalue weighted by Gasteiger charge is -2.26. The number of fused-ring (bicyclic) bond motifs is 1. The number of hydrogen-bond acceptors (Lipinski definition) is 5. The van der Waals surface area contributed by atoms with Crippen molar-refractivity contribution in [3.63, 3.8) is 0 Å². The Morgan fingerprint density at radius 2 is 1.68 bits per heavy atom. The van der Waals surface area contributed by atoms with E-state index in [2.05, 4.69) is 5.32 Å². The number of hydrogen-bond donors (Lipinski definition) is 1. The summed E-state index contributed by atoms with van der Waals surface area (Å²) in [7, 11) is -4.08. The van der Waals surface area contributed by atoms with Gasteiger partial charge in [-0.05, 0) is 55.7 Å². The lowest BCUT2D eigenvalue weighted by molar-refractivity contribution is -0.114. The zero-order valence-corrected chi connectivity index (χ0v) is 20.3. The van der Waals surface area contributed by atoms with Gasteiger partial charge in [0, 0.05) is 11.8 Å². The van der Waals surface area contributed by atoms with Crippen molar-refractivity contribution in [2.75, 3.05) is 29.4 Å². The molecule has 34 heavy (non-hydrogen) atoms. The van der Waals surface area contributed by atoms with E-state index in [0.29, 0.717) is 30.4 Å². The topological polar surface area (TPSA) is 84.9 Å². The minimum atomic E-state index is -4.08. The zero-order valence-electron chi connectivity index (χ0n) is 19.5. The second-order valence-electron chi connectivity index (χ2n) is 8.16. The molecule has 0 bridgehead atoms. The van der Waals surface area contributed by atoms with Gasteiger partial charge in [-0.15, -0.1) is 0 Å². The number of sulfonamides is 1. The Morgan fingerprint density at radius 3 is 2.38 bits per heavy atom. The molecule has 0 saturated carbocycles. The number of rotatable bonds is 7. The molecule has 1 aliphatic rings. The van der Waals surface area contributed by atoms with Crippen LogP contribution in [0.25, 0.3) is 0 Å². The lowest BCUT2D eigenvalue weighted by Crippen LogP contribution is -2.38. The molecule has 0 aliphatic carbocycles. The molecule has 3 aromatic carbocycles. The Morgan fingerprint density at radius 1 is 0.971 bits per heavy atom. The SMILES string of the molecule is CCc1cccc(C)c1NC(=O)CN(c1ccc(C)cc1)S(=O)(=O)c1ccc2c(c1)OCCO2. The van der Waals surface area contributed by atoms with Gasteiger partial charge in [0.15, 0.2) is 11.5 Å². The smallest absolute Gasteiger partial charge is 0.264 e. The molecule has 0 unspecified atom stereocenters. The van der Waals surface area contributed by atoms with Gasteiger partial charge in [0.2, 0.25) is 5.91 Å². The third-order valence-corrected chi connectivity index (χ3v) is 7.49. The van der Waals surface area contributed by atoms with Gasteiger partial charge in [0.25, 0.3) is 10.0 Å². The molecule has 1 aliphatic heterocycles. The Kier molecular flexibility index (Phi) is 6.79. The third-order valence-electron chi connectivity index (χ3n) is 5.72. The van der Waals surface area contributed by atoms with E-state index in [1.165, 1.54) is 12.1 Å². The molecule has 178 valence electrons. The Labute approximate surface area is 200 Å². The fourth-order valence-corrected chi connectivity index (χ4v) is 5.29. The van der Waals surface area contributed by atoms with Gasteiger partial charge < -0.3 is 14.8 Å². The standard InChI is InChI=1S/C26H28N2O5S/c1-4-20-7-5-6-19(3)26(20)27-25(29)17-28(21-10-8-18(2)9-11-21)34(30,31)22-12-13-23-24(16-22)33-15-14-32-23/h5-13,16H,4,14-15,17H2,1-3H3,(H,27,29). The van der Waals surface area contributed by atoms with E-state index in [0.717, 1.165) is 33.1 Å².